The van der Waals surface area contributed by atoms with Crippen LogP contribution in [0.1, 0.15) is 26.3 Å². The molecule has 1 aliphatic rings. The normalized spacial score (nSPS) is 23.2. The minimum atomic E-state index is -1.69. The fraction of sp³-hybridized carbons (Fsp3) is 0.259. The highest BCUT2D eigenvalue weighted by molar-refractivity contribution is 5.90. The van der Waals surface area contributed by atoms with E-state index in [0.717, 1.165) is 0 Å². The van der Waals surface area contributed by atoms with Crippen molar-refractivity contribution in [2.75, 3.05) is 6.61 Å². The Bertz CT molecular complexity index is 1200. The molecule has 0 radical (unpaired) electrons. The average molecular weight is 510 g/mol. The molecule has 0 bridgehead atoms. The number of aliphatic hydroxyl groups is 3. The zero-order valence-corrected chi connectivity index (χ0v) is 19.5. The highest BCUT2D eigenvalue weighted by Crippen LogP contribution is 2.30. The van der Waals surface area contributed by atoms with Gasteiger partial charge in [-0.15, -0.1) is 0 Å². The molecule has 4 rings (SSSR count). The summed E-state index contributed by atoms with van der Waals surface area (Å²) in [6, 6.07) is 20.2. The maximum Gasteiger partial charge on any atom is 0.338 e. The Hall–Kier alpha value is -3.96. The molecule has 1 fully saturated rings. The summed E-state index contributed by atoms with van der Waals surface area (Å²) in [6.45, 7) is -0.920. The van der Waals surface area contributed by atoms with Gasteiger partial charge in [-0.1, -0.05) is 36.4 Å². The Kier molecular flexibility index (Phi) is 8.36. The van der Waals surface area contributed by atoms with E-state index in [1.807, 2.05) is 0 Å². The molecular formula is C27H26O10. The quantitative estimate of drug-likeness (QED) is 0.330. The summed E-state index contributed by atoms with van der Waals surface area (Å²) in [5, 5.41) is 40.9. The summed E-state index contributed by atoms with van der Waals surface area (Å²) in [5.41, 5.74) is 0.690. The first-order valence-electron chi connectivity index (χ1n) is 11.5. The molecule has 3 aromatic carbocycles. The summed E-state index contributed by atoms with van der Waals surface area (Å²) in [4.78, 5) is 25.2. The van der Waals surface area contributed by atoms with Gasteiger partial charge in [-0.3, -0.25) is 0 Å². The van der Waals surface area contributed by atoms with Crippen LogP contribution < -0.4 is 4.74 Å². The molecule has 0 aromatic heterocycles. The molecule has 10 heteroatoms. The molecule has 10 nitrogen and oxygen atoms in total. The third-order valence-corrected chi connectivity index (χ3v) is 5.74. The molecule has 1 heterocycles. The van der Waals surface area contributed by atoms with E-state index < -0.39 is 55.9 Å². The van der Waals surface area contributed by atoms with Gasteiger partial charge in [-0.05, 0) is 42.5 Å². The van der Waals surface area contributed by atoms with Crippen LogP contribution in [0.25, 0.3) is 0 Å². The molecule has 37 heavy (non-hydrogen) atoms. The number of hydrogen-bond donors (Lipinski definition) is 4. The summed E-state index contributed by atoms with van der Waals surface area (Å²) in [6.07, 6.45) is -7.49. The van der Waals surface area contributed by atoms with Crippen molar-refractivity contribution >= 4 is 11.9 Å². The second-order valence-corrected chi connectivity index (χ2v) is 8.29. The van der Waals surface area contributed by atoms with Gasteiger partial charge in [0, 0.05) is 5.56 Å². The third-order valence-electron chi connectivity index (χ3n) is 5.74. The largest absolute Gasteiger partial charge is 0.508 e. The molecule has 0 saturated carbocycles. The summed E-state index contributed by atoms with van der Waals surface area (Å²) in [7, 11) is 0. The van der Waals surface area contributed by atoms with Crippen molar-refractivity contribution in [3.8, 4) is 11.5 Å². The highest BCUT2D eigenvalue weighted by atomic mass is 16.7. The van der Waals surface area contributed by atoms with Crippen molar-refractivity contribution in [3.63, 3.8) is 0 Å². The summed E-state index contributed by atoms with van der Waals surface area (Å²) >= 11 is 0. The third kappa shape index (κ3) is 6.25. The zero-order valence-electron chi connectivity index (χ0n) is 19.5. The molecular weight excluding hydrogens is 484 g/mol. The minimum absolute atomic E-state index is 0.0799. The number of aliphatic hydroxyl groups excluding tert-OH is 3. The predicted octanol–water partition coefficient (Wildman–Crippen LogP) is 1.79. The van der Waals surface area contributed by atoms with Gasteiger partial charge in [0.2, 0.25) is 6.29 Å². The Morgan fingerprint density at radius 1 is 0.838 bits per heavy atom. The van der Waals surface area contributed by atoms with Gasteiger partial charge in [0.1, 0.15) is 36.4 Å². The van der Waals surface area contributed by atoms with Gasteiger partial charge in [-0.2, -0.15) is 0 Å². The lowest BCUT2D eigenvalue weighted by molar-refractivity contribution is -0.276. The fourth-order valence-corrected chi connectivity index (χ4v) is 3.79. The van der Waals surface area contributed by atoms with Crippen LogP contribution in [0.3, 0.4) is 0 Å². The second-order valence-electron chi connectivity index (χ2n) is 8.29. The number of ether oxygens (including phenoxy) is 4. The van der Waals surface area contributed by atoms with Gasteiger partial charge in [0.25, 0.3) is 0 Å². The second kappa shape index (κ2) is 11.8. The number of phenols is 1. The molecule has 194 valence electrons. The van der Waals surface area contributed by atoms with Crippen molar-refractivity contribution in [2.24, 2.45) is 0 Å². The van der Waals surface area contributed by atoms with Crippen molar-refractivity contribution in [3.05, 3.63) is 95.6 Å². The van der Waals surface area contributed by atoms with Gasteiger partial charge in [-0.25, -0.2) is 9.59 Å². The van der Waals surface area contributed by atoms with E-state index in [4.69, 9.17) is 18.9 Å². The van der Waals surface area contributed by atoms with Crippen LogP contribution in [-0.4, -0.2) is 69.7 Å². The number of carbonyl (C=O) groups excluding carboxylic acids is 2. The standard InChI is InChI=1S/C27H26O10/c28-14-18-13-19(29)11-12-20(18)35-27-23(31)22(30)24(37-26(33)17-9-5-2-6-10-17)21(36-27)15-34-25(32)16-7-3-1-4-8-16/h1-13,21-24,27-31H,14-15H2. The van der Waals surface area contributed by atoms with Gasteiger partial charge >= 0.3 is 11.9 Å². The lowest BCUT2D eigenvalue weighted by atomic mass is 9.98. The predicted molar refractivity (Wildman–Crippen MR) is 128 cm³/mol. The lowest BCUT2D eigenvalue weighted by Gasteiger charge is -2.41. The van der Waals surface area contributed by atoms with Crippen LogP contribution in [0.5, 0.6) is 11.5 Å². The van der Waals surface area contributed by atoms with E-state index in [9.17, 15) is 30.0 Å². The molecule has 3 aromatic rings. The van der Waals surface area contributed by atoms with Gasteiger partial charge in [0.05, 0.1) is 17.7 Å². The first kappa shape index (κ1) is 26.1. The Morgan fingerprint density at radius 3 is 2.08 bits per heavy atom. The van der Waals surface area contributed by atoms with Crippen LogP contribution >= 0.6 is 0 Å². The zero-order chi connectivity index (χ0) is 26.4. The Labute approximate surface area is 212 Å². The maximum absolute atomic E-state index is 12.7. The molecule has 0 spiro atoms. The number of esters is 2. The lowest BCUT2D eigenvalue weighted by Crippen LogP contribution is -2.61. The van der Waals surface area contributed by atoms with E-state index in [1.54, 1.807) is 48.5 Å². The van der Waals surface area contributed by atoms with Crippen molar-refractivity contribution in [1.82, 2.24) is 0 Å². The van der Waals surface area contributed by atoms with E-state index in [2.05, 4.69) is 0 Å². The monoisotopic (exact) mass is 510 g/mol. The summed E-state index contributed by atoms with van der Waals surface area (Å²) < 4.78 is 22.3. The number of aromatic hydroxyl groups is 1. The fourth-order valence-electron chi connectivity index (χ4n) is 3.79. The average Bonchev–Trinajstić information content (AvgIpc) is 2.93. The van der Waals surface area contributed by atoms with E-state index >= 15 is 0 Å². The van der Waals surface area contributed by atoms with Crippen LogP contribution in [0.4, 0.5) is 0 Å². The van der Waals surface area contributed by atoms with Crippen LogP contribution in [-0.2, 0) is 20.8 Å². The number of phenolic OH excluding ortho intramolecular Hbond substituents is 1. The van der Waals surface area contributed by atoms with E-state index in [1.165, 1.54) is 30.3 Å². The molecule has 4 N–H and O–H groups in total. The van der Waals surface area contributed by atoms with E-state index in [0.29, 0.717) is 0 Å². The van der Waals surface area contributed by atoms with Crippen LogP contribution in [0, 0.1) is 0 Å². The van der Waals surface area contributed by atoms with Crippen molar-refractivity contribution in [1.29, 1.82) is 0 Å². The molecule has 0 amide bonds. The maximum atomic E-state index is 12.7. The van der Waals surface area contributed by atoms with E-state index in [-0.39, 0.29) is 28.2 Å². The Balaban J connectivity index is 1.55. The number of hydrogen-bond acceptors (Lipinski definition) is 10. The molecule has 0 aliphatic carbocycles. The number of rotatable bonds is 8. The van der Waals surface area contributed by atoms with Gasteiger partial charge < -0.3 is 39.4 Å². The first-order chi connectivity index (χ1) is 17.9. The van der Waals surface area contributed by atoms with Crippen molar-refractivity contribution in [2.45, 2.75) is 37.3 Å². The topological polar surface area (TPSA) is 152 Å². The summed E-state index contributed by atoms with van der Waals surface area (Å²) in [5.74, 6) is -1.48. The van der Waals surface area contributed by atoms with Crippen LogP contribution in [0.2, 0.25) is 0 Å². The minimum Gasteiger partial charge on any atom is -0.508 e. The molecule has 1 saturated heterocycles. The smallest absolute Gasteiger partial charge is 0.338 e. The number of carbonyl (C=O) groups is 2. The van der Waals surface area contributed by atoms with Crippen molar-refractivity contribution < 1.29 is 49.0 Å². The Morgan fingerprint density at radius 2 is 1.46 bits per heavy atom. The molecule has 1 aliphatic heterocycles. The molecule has 5 atom stereocenters. The highest BCUT2D eigenvalue weighted by Gasteiger charge is 2.48. The SMILES string of the molecule is O=C(OCC1OC(Oc2ccc(O)cc2CO)C(O)C(O)C1OC(=O)c1ccccc1)c1ccccc1. The molecule has 5 unspecified atom stereocenters. The van der Waals surface area contributed by atoms with Gasteiger partial charge in [0.15, 0.2) is 6.10 Å². The van der Waals surface area contributed by atoms with Crippen LogP contribution in [0.15, 0.2) is 78.9 Å². The number of benzene rings is 3. The first-order valence-corrected chi connectivity index (χ1v) is 11.5.